The molecule has 100 valence electrons. The van der Waals surface area contributed by atoms with E-state index in [1.165, 1.54) is 17.7 Å². The van der Waals surface area contributed by atoms with Crippen LogP contribution in [-0.4, -0.2) is 11.1 Å². The number of halogens is 2. The Morgan fingerprint density at radius 3 is 2.16 bits per heavy atom. The van der Waals surface area contributed by atoms with Gasteiger partial charge >= 0.3 is 0 Å². The molecule has 0 amide bonds. The molecular weight excluding hydrogens is 265 g/mol. The summed E-state index contributed by atoms with van der Waals surface area (Å²) in [6, 6.07) is 12.7. The first-order chi connectivity index (χ1) is 8.65. The molecule has 2 atom stereocenters. The molecule has 0 unspecified atom stereocenters. The van der Waals surface area contributed by atoms with Gasteiger partial charge in [-0.3, -0.25) is 0 Å². The Morgan fingerprint density at radius 2 is 1.63 bits per heavy atom. The van der Waals surface area contributed by atoms with Crippen LogP contribution in [0.3, 0.4) is 0 Å². The Labute approximate surface area is 117 Å². The lowest BCUT2D eigenvalue weighted by atomic mass is 10.0. The van der Waals surface area contributed by atoms with Crippen LogP contribution in [0.2, 0.25) is 0 Å². The van der Waals surface area contributed by atoms with E-state index in [9.17, 15) is 9.50 Å². The maximum absolute atomic E-state index is 13.0. The van der Waals surface area contributed by atoms with Crippen molar-refractivity contribution in [2.75, 3.05) is 0 Å². The van der Waals surface area contributed by atoms with Gasteiger partial charge in [0.25, 0.3) is 0 Å². The predicted octanol–water partition coefficient (Wildman–Crippen LogP) is 3.43. The van der Waals surface area contributed by atoms with Crippen LogP contribution in [0.15, 0.2) is 42.5 Å². The smallest absolute Gasteiger partial charge is 0.164 e. The summed E-state index contributed by atoms with van der Waals surface area (Å²) in [5.41, 5.74) is 8.82. The van der Waals surface area contributed by atoms with Crippen molar-refractivity contribution >= 4 is 12.4 Å². The highest BCUT2D eigenvalue weighted by Crippen LogP contribution is 2.39. The molecule has 3 rings (SSSR count). The van der Waals surface area contributed by atoms with Crippen molar-refractivity contribution in [2.24, 2.45) is 5.73 Å². The van der Waals surface area contributed by atoms with Gasteiger partial charge in [0.2, 0.25) is 0 Å². The zero-order valence-corrected chi connectivity index (χ0v) is 11.0. The van der Waals surface area contributed by atoms with Crippen LogP contribution in [0.5, 0.6) is 5.75 Å². The fraction of sp³-hybridized carbons (Fsp3) is 0.200. The Bertz CT molecular complexity index is 585. The average Bonchev–Trinajstić information content (AvgIpc) is 3.10. The van der Waals surface area contributed by atoms with Crippen LogP contribution in [0.25, 0.3) is 11.1 Å². The maximum atomic E-state index is 13.0. The van der Waals surface area contributed by atoms with Gasteiger partial charge in [-0.1, -0.05) is 30.3 Å². The van der Waals surface area contributed by atoms with Gasteiger partial charge < -0.3 is 10.8 Å². The van der Waals surface area contributed by atoms with E-state index in [1.807, 2.05) is 24.3 Å². The summed E-state index contributed by atoms with van der Waals surface area (Å²) in [7, 11) is 0. The molecule has 1 fully saturated rings. The Kier molecular flexibility index (Phi) is 3.78. The van der Waals surface area contributed by atoms with E-state index in [0.717, 1.165) is 17.5 Å². The first-order valence-corrected chi connectivity index (χ1v) is 5.99. The second-order valence-electron chi connectivity index (χ2n) is 4.79. The van der Waals surface area contributed by atoms with Crippen LogP contribution in [0.4, 0.5) is 4.39 Å². The van der Waals surface area contributed by atoms with Crippen LogP contribution in [-0.2, 0) is 0 Å². The third-order valence-corrected chi connectivity index (χ3v) is 3.46. The highest BCUT2D eigenvalue weighted by Gasteiger charge is 2.34. The molecule has 19 heavy (non-hydrogen) atoms. The molecule has 2 aromatic rings. The van der Waals surface area contributed by atoms with E-state index in [1.54, 1.807) is 6.07 Å². The second-order valence-corrected chi connectivity index (χ2v) is 4.79. The fourth-order valence-electron chi connectivity index (χ4n) is 2.21. The number of hydrogen-bond donors (Lipinski definition) is 2. The maximum Gasteiger partial charge on any atom is 0.164 e. The molecule has 0 bridgehead atoms. The second kappa shape index (κ2) is 5.19. The van der Waals surface area contributed by atoms with Gasteiger partial charge in [-0.25, -0.2) is 4.39 Å². The first-order valence-electron chi connectivity index (χ1n) is 5.99. The minimum absolute atomic E-state index is 0. The molecule has 1 aliphatic carbocycles. The van der Waals surface area contributed by atoms with Crippen molar-refractivity contribution < 1.29 is 9.50 Å². The molecule has 2 nitrogen and oxygen atoms in total. The molecule has 3 N–H and O–H groups in total. The third-order valence-electron chi connectivity index (χ3n) is 3.46. The Hall–Kier alpha value is -1.58. The molecule has 0 heterocycles. The van der Waals surface area contributed by atoms with Gasteiger partial charge in [0.15, 0.2) is 11.6 Å². The SMILES string of the molecule is Cl.N[C@H]1C[C@@H]1c1ccc(-c2ccc(F)c(O)c2)cc1. The minimum Gasteiger partial charge on any atom is -0.505 e. The van der Waals surface area contributed by atoms with E-state index >= 15 is 0 Å². The standard InChI is InChI=1S/C15H14FNO.ClH/c16-13-6-5-11(7-15(13)18)9-1-3-10(4-2-9)12-8-14(12)17;/h1-7,12,14,18H,8,17H2;1H/t12-,14+;/m1./s1. The number of benzene rings is 2. The molecular formula is C15H15ClFNO. The van der Waals surface area contributed by atoms with Gasteiger partial charge in [-0.2, -0.15) is 0 Å². The highest BCUT2D eigenvalue weighted by molar-refractivity contribution is 5.85. The largest absolute Gasteiger partial charge is 0.505 e. The topological polar surface area (TPSA) is 46.2 Å². The minimum atomic E-state index is -0.598. The number of phenolic OH excluding ortho intramolecular Hbond substituents is 1. The summed E-state index contributed by atoms with van der Waals surface area (Å²) in [6.45, 7) is 0. The van der Waals surface area contributed by atoms with Gasteiger partial charge in [0.05, 0.1) is 0 Å². The summed E-state index contributed by atoms with van der Waals surface area (Å²) in [5.74, 6) is -0.430. The van der Waals surface area contributed by atoms with Crippen LogP contribution in [0, 0.1) is 5.82 Å². The summed E-state index contributed by atoms with van der Waals surface area (Å²) in [4.78, 5) is 0. The van der Waals surface area contributed by atoms with E-state index in [2.05, 4.69) is 0 Å². The average molecular weight is 280 g/mol. The number of hydrogen-bond acceptors (Lipinski definition) is 2. The van der Waals surface area contributed by atoms with E-state index < -0.39 is 5.82 Å². The first kappa shape index (κ1) is 13.8. The lowest BCUT2D eigenvalue weighted by molar-refractivity contribution is 0.433. The van der Waals surface area contributed by atoms with Gasteiger partial charge in [0.1, 0.15) is 0 Å². The van der Waals surface area contributed by atoms with Gasteiger partial charge in [-0.05, 0) is 35.2 Å². The van der Waals surface area contributed by atoms with E-state index in [-0.39, 0.29) is 18.2 Å². The summed E-state index contributed by atoms with van der Waals surface area (Å²) in [6.07, 6.45) is 1.05. The quantitative estimate of drug-likeness (QED) is 0.885. The van der Waals surface area contributed by atoms with Crippen LogP contribution < -0.4 is 5.73 Å². The predicted molar refractivity (Wildman–Crippen MR) is 76.1 cm³/mol. The molecule has 0 spiro atoms. The summed E-state index contributed by atoms with van der Waals surface area (Å²) in [5, 5.41) is 9.36. The lowest BCUT2D eigenvalue weighted by Crippen LogP contribution is -2.00. The van der Waals surface area contributed by atoms with E-state index in [4.69, 9.17) is 5.73 Å². The number of aromatic hydroxyl groups is 1. The van der Waals surface area contributed by atoms with Crippen molar-refractivity contribution in [1.29, 1.82) is 0 Å². The molecule has 1 aliphatic rings. The van der Waals surface area contributed by atoms with E-state index in [0.29, 0.717) is 12.0 Å². The Morgan fingerprint density at radius 1 is 1.05 bits per heavy atom. The molecule has 0 aliphatic heterocycles. The number of nitrogens with two attached hydrogens (primary N) is 1. The fourth-order valence-corrected chi connectivity index (χ4v) is 2.21. The Balaban J connectivity index is 0.00000133. The van der Waals surface area contributed by atoms with Crippen molar-refractivity contribution in [1.82, 2.24) is 0 Å². The van der Waals surface area contributed by atoms with Crippen molar-refractivity contribution in [3.8, 4) is 16.9 Å². The van der Waals surface area contributed by atoms with Crippen molar-refractivity contribution in [3.63, 3.8) is 0 Å². The highest BCUT2D eigenvalue weighted by atomic mass is 35.5. The van der Waals surface area contributed by atoms with Crippen LogP contribution >= 0.6 is 12.4 Å². The molecule has 0 aromatic heterocycles. The monoisotopic (exact) mass is 279 g/mol. The number of phenols is 1. The molecule has 4 heteroatoms. The molecule has 0 saturated heterocycles. The number of rotatable bonds is 2. The van der Waals surface area contributed by atoms with Crippen molar-refractivity contribution in [3.05, 3.63) is 53.8 Å². The molecule has 1 saturated carbocycles. The summed E-state index contributed by atoms with van der Waals surface area (Å²) < 4.78 is 13.0. The lowest BCUT2D eigenvalue weighted by Gasteiger charge is -2.05. The van der Waals surface area contributed by atoms with Gasteiger partial charge in [-0.15, -0.1) is 12.4 Å². The normalized spacial score (nSPS) is 20.7. The zero-order valence-electron chi connectivity index (χ0n) is 10.2. The summed E-state index contributed by atoms with van der Waals surface area (Å²) >= 11 is 0. The van der Waals surface area contributed by atoms with Crippen molar-refractivity contribution in [2.45, 2.75) is 18.4 Å². The van der Waals surface area contributed by atoms with Gasteiger partial charge in [0, 0.05) is 12.0 Å². The molecule has 2 aromatic carbocycles. The molecule has 0 radical (unpaired) electrons. The van der Waals surface area contributed by atoms with Crippen LogP contribution in [0.1, 0.15) is 17.9 Å². The third kappa shape index (κ3) is 2.72. The zero-order chi connectivity index (χ0) is 12.7.